The highest BCUT2D eigenvalue weighted by Gasteiger charge is 2.33. The Labute approximate surface area is 169 Å². The standard InChI is InChI=1S/C20H16F3N5O2/c1-20(8-13(7-17(22)23)30-19(25)28-20)14-6-12(3-4-15(14)21)27-18(29)16-5-2-11(9-24)10-26-16/h2-6,8,10,17H,7H2,1H3,(H2,25,28)(H,27,29)/t20-/m0/s1. The van der Waals surface area contributed by atoms with E-state index in [4.69, 9.17) is 15.7 Å². The number of carbonyl (C=O) groups excluding carboxylic acids is 1. The van der Waals surface area contributed by atoms with Gasteiger partial charge in [-0.05, 0) is 43.3 Å². The third-order valence-corrected chi connectivity index (χ3v) is 4.27. The van der Waals surface area contributed by atoms with Crippen molar-refractivity contribution in [1.82, 2.24) is 4.98 Å². The van der Waals surface area contributed by atoms with Crippen LogP contribution in [-0.4, -0.2) is 23.3 Å². The van der Waals surface area contributed by atoms with E-state index in [2.05, 4.69) is 15.3 Å². The van der Waals surface area contributed by atoms with Gasteiger partial charge in [-0.25, -0.2) is 23.1 Å². The minimum absolute atomic E-state index is 0.00565. The van der Waals surface area contributed by atoms with Crippen molar-refractivity contribution >= 4 is 17.6 Å². The number of allylic oxidation sites excluding steroid dienone is 1. The van der Waals surface area contributed by atoms with Gasteiger partial charge in [0.05, 0.1) is 12.0 Å². The average Bonchev–Trinajstić information content (AvgIpc) is 2.68. The summed E-state index contributed by atoms with van der Waals surface area (Å²) in [5.74, 6) is -1.38. The number of hydrogen-bond acceptors (Lipinski definition) is 6. The predicted octanol–water partition coefficient (Wildman–Crippen LogP) is 3.44. The molecule has 2 aromatic rings. The Morgan fingerprint density at radius 3 is 2.77 bits per heavy atom. The zero-order chi connectivity index (χ0) is 21.9. The third-order valence-electron chi connectivity index (χ3n) is 4.27. The normalized spacial score (nSPS) is 18.1. The van der Waals surface area contributed by atoms with E-state index in [0.29, 0.717) is 5.56 Å². The van der Waals surface area contributed by atoms with Crippen LogP contribution < -0.4 is 11.1 Å². The molecule has 10 heteroatoms. The molecule has 0 bridgehead atoms. The molecule has 3 N–H and O–H groups in total. The zero-order valence-electron chi connectivity index (χ0n) is 15.7. The van der Waals surface area contributed by atoms with Crippen molar-refractivity contribution in [1.29, 1.82) is 5.26 Å². The number of amidine groups is 1. The van der Waals surface area contributed by atoms with Gasteiger partial charge >= 0.3 is 0 Å². The van der Waals surface area contributed by atoms with Crippen molar-refractivity contribution in [3.05, 3.63) is 71.0 Å². The summed E-state index contributed by atoms with van der Waals surface area (Å²) < 4.78 is 45.1. The summed E-state index contributed by atoms with van der Waals surface area (Å²) in [5, 5.41) is 11.4. The van der Waals surface area contributed by atoms with Crippen molar-refractivity contribution in [2.75, 3.05) is 5.32 Å². The third kappa shape index (κ3) is 4.57. The van der Waals surface area contributed by atoms with Crippen molar-refractivity contribution in [3.63, 3.8) is 0 Å². The summed E-state index contributed by atoms with van der Waals surface area (Å²) in [6.07, 6.45) is -0.863. The number of ether oxygens (including phenoxy) is 1. The number of anilines is 1. The average molecular weight is 415 g/mol. The molecule has 1 aliphatic rings. The number of pyridine rings is 1. The SMILES string of the molecule is C[C@@]1(c2cc(NC(=O)c3ccc(C#N)cn3)ccc2F)C=C(CC(F)F)OC(N)=N1. The molecule has 0 unspecified atom stereocenters. The first-order chi connectivity index (χ1) is 14.2. The van der Waals surface area contributed by atoms with Gasteiger partial charge in [0.25, 0.3) is 11.9 Å². The molecule has 1 aromatic heterocycles. The Kier molecular flexibility index (Phi) is 5.73. The van der Waals surface area contributed by atoms with Crippen LogP contribution in [0, 0.1) is 17.1 Å². The quantitative estimate of drug-likeness (QED) is 0.777. The number of amides is 1. The molecule has 0 aliphatic carbocycles. The van der Waals surface area contributed by atoms with Gasteiger partial charge in [-0.2, -0.15) is 5.26 Å². The Morgan fingerprint density at radius 1 is 1.37 bits per heavy atom. The van der Waals surface area contributed by atoms with Gasteiger partial charge in [-0.15, -0.1) is 0 Å². The maximum absolute atomic E-state index is 14.6. The van der Waals surface area contributed by atoms with Crippen LogP contribution in [0.5, 0.6) is 0 Å². The van der Waals surface area contributed by atoms with Crippen LogP contribution in [0.15, 0.2) is 53.4 Å². The van der Waals surface area contributed by atoms with E-state index in [1.54, 1.807) is 0 Å². The number of aromatic nitrogens is 1. The number of nitriles is 1. The number of nitrogens with two attached hydrogens (primary N) is 1. The lowest BCUT2D eigenvalue weighted by molar-refractivity contribution is 0.102. The fourth-order valence-corrected chi connectivity index (χ4v) is 2.93. The van der Waals surface area contributed by atoms with Crippen molar-refractivity contribution < 1.29 is 22.7 Å². The van der Waals surface area contributed by atoms with Crippen LogP contribution in [0.2, 0.25) is 0 Å². The maximum Gasteiger partial charge on any atom is 0.288 e. The number of nitrogens with one attached hydrogen (secondary N) is 1. The largest absolute Gasteiger partial charge is 0.431 e. The number of hydrogen-bond donors (Lipinski definition) is 2. The maximum atomic E-state index is 14.6. The fourth-order valence-electron chi connectivity index (χ4n) is 2.93. The highest BCUT2D eigenvalue weighted by Crippen LogP contribution is 2.36. The molecule has 3 rings (SSSR count). The van der Waals surface area contributed by atoms with Gasteiger partial charge in [0.15, 0.2) is 0 Å². The van der Waals surface area contributed by atoms with Gasteiger partial charge in [0, 0.05) is 17.4 Å². The summed E-state index contributed by atoms with van der Waals surface area (Å²) in [5.41, 5.74) is 4.77. The molecule has 0 fully saturated rings. The molecular formula is C20H16F3N5O2. The van der Waals surface area contributed by atoms with Crippen molar-refractivity contribution in [2.24, 2.45) is 10.7 Å². The molecule has 30 heavy (non-hydrogen) atoms. The molecule has 1 aromatic carbocycles. The lowest BCUT2D eigenvalue weighted by Gasteiger charge is -2.28. The summed E-state index contributed by atoms with van der Waals surface area (Å²) in [4.78, 5) is 20.3. The second kappa shape index (κ2) is 8.24. The van der Waals surface area contributed by atoms with E-state index in [-0.39, 0.29) is 28.7 Å². The summed E-state index contributed by atoms with van der Waals surface area (Å²) in [6.45, 7) is 1.49. The number of halogens is 3. The van der Waals surface area contributed by atoms with Crippen molar-refractivity contribution in [2.45, 2.75) is 25.3 Å². The first-order valence-electron chi connectivity index (χ1n) is 8.71. The first-order valence-corrected chi connectivity index (χ1v) is 8.71. The van der Waals surface area contributed by atoms with E-state index < -0.39 is 30.1 Å². The number of benzene rings is 1. The monoisotopic (exact) mass is 415 g/mol. The Hall–Kier alpha value is -3.87. The molecule has 7 nitrogen and oxygen atoms in total. The topological polar surface area (TPSA) is 113 Å². The van der Waals surface area contributed by atoms with Gasteiger partial charge in [-0.3, -0.25) is 4.79 Å². The highest BCUT2D eigenvalue weighted by molar-refractivity contribution is 6.02. The molecule has 0 spiro atoms. The van der Waals surface area contributed by atoms with Crippen LogP contribution >= 0.6 is 0 Å². The molecule has 154 valence electrons. The van der Waals surface area contributed by atoms with Gasteiger partial charge < -0.3 is 15.8 Å². The van der Waals surface area contributed by atoms with Crippen LogP contribution in [0.25, 0.3) is 0 Å². The number of aliphatic imine (C=N–C) groups is 1. The van der Waals surface area contributed by atoms with Crippen LogP contribution in [0.4, 0.5) is 18.9 Å². The van der Waals surface area contributed by atoms with E-state index in [0.717, 1.165) is 6.07 Å². The molecule has 0 radical (unpaired) electrons. The number of alkyl halides is 2. The van der Waals surface area contributed by atoms with Gasteiger partial charge in [0.1, 0.15) is 28.9 Å². The van der Waals surface area contributed by atoms with E-state index in [9.17, 15) is 18.0 Å². The smallest absolute Gasteiger partial charge is 0.288 e. The van der Waals surface area contributed by atoms with E-state index in [1.165, 1.54) is 43.5 Å². The molecule has 1 atom stereocenters. The lowest BCUT2D eigenvalue weighted by atomic mass is 9.90. The highest BCUT2D eigenvalue weighted by atomic mass is 19.3. The van der Waals surface area contributed by atoms with E-state index >= 15 is 0 Å². The predicted molar refractivity (Wildman–Crippen MR) is 102 cm³/mol. The van der Waals surface area contributed by atoms with Crippen molar-refractivity contribution in [3.8, 4) is 6.07 Å². The number of rotatable bonds is 5. The fraction of sp³-hybridized carbons (Fsp3) is 0.200. The lowest BCUT2D eigenvalue weighted by Crippen LogP contribution is -2.31. The zero-order valence-corrected chi connectivity index (χ0v) is 15.7. The second-order valence-corrected chi connectivity index (χ2v) is 6.60. The summed E-state index contributed by atoms with van der Waals surface area (Å²) >= 11 is 0. The van der Waals surface area contributed by atoms with Gasteiger partial charge in [-0.1, -0.05) is 0 Å². The second-order valence-electron chi connectivity index (χ2n) is 6.60. The number of nitrogens with zero attached hydrogens (tertiary/aromatic N) is 3. The molecule has 1 aliphatic heterocycles. The van der Waals surface area contributed by atoms with E-state index in [1.807, 2.05) is 6.07 Å². The summed E-state index contributed by atoms with van der Waals surface area (Å²) in [6, 6.07) is 8.12. The summed E-state index contributed by atoms with van der Waals surface area (Å²) in [7, 11) is 0. The minimum Gasteiger partial charge on any atom is -0.431 e. The Morgan fingerprint density at radius 2 is 2.13 bits per heavy atom. The molecule has 2 heterocycles. The van der Waals surface area contributed by atoms with Crippen LogP contribution in [0.3, 0.4) is 0 Å². The Balaban J connectivity index is 1.90. The molecule has 0 saturated carbocycles. The van der Waals surface area contributed by atoms with Gasteiger partial charge in [0.2, 0.25) is 6.43 Å². The van der Waals surface area contributed by atoms with Crippen LogP contribution in [-0.2, 0) is 10.3 Å². The molecule has 0 saturated heterocycles. The Bertz CT molecular complexity index is 1080. The van der Waals surface area contributed by atoms with Crippen LogP contribution in [0.1, 0.15) is 35.0 Å². The minimum atomic E-state index is -2.68. The molecular weight excluding hydrogens is 399 g/mol. The molecule has 1 amide bonds. The number of carbonyl (C=O) groups is 1. The first kappa shape index (κ1) is 20.9.